The highest BCUT2D eigenvalue weighted by molar-refractivity contribution is 6.33. The van der Waals surface area contributed by atoms with Gasteiger partial charge >= 0.3 is 0 Å². The number of hydrogen-bond donors (Lipinski definition) is 2. The third-order valence-electron chi connectivity index (χ3n) is 7.82. The van der Waals surface area contributed by atoms with Gasteiger partial charge in [-0.1, -0.05) is 47.5 Å². The molecular formula is C32H32Cl2N4O3. The molecular weight excluding hydrogens is 559 g/mol. The predicted octanol–water partition coefficient (Wildman–Crippen LogP) is 7.65. The van der Waals surface area contributed by atoms with Crippen LogP contribution in [0.25, 0.3) is 33.5 Å². The van der Waals surface area contributed by atoms with Gasteiger partial charge in [0, 0.05) is 59.5 Å². The van der Waals surface area contributed by atoms with Crippen LogP contribution < -0.4 is 10.1 Å². The Labute approximate surface area is 249 Å². The van der Waals surface area contributed by atoms with Gasteiger partial charge in [0.25, 0.3) is 0 Å². The fraction of sp³-hybridized carbons (Fsp3) is 0.344. The monoisotopic (exact) mass is 590 g/mol. The molecule has 0 radical (unpaired) electrons. The highest BCUT2D eigenvalue weighted by atomic mass is 35.5. The molecule has 0 saturated carbocycles. The van der Waals surface area contributed by atoms with Crippen molar-refractivity contribution in [1.82, 2.24) is 20.5 Å². The summed E-state index contributed by atoms with van der Waals surface area (Å²) < 4.78 is 11.9. The van der Waals surface area contributed by atoms with Crippen molar-refractivity contribution in [2.75, 3.05) is 13.2 Å². The molecule has 0 aliphatic carbocycles. The van der Waals surface area contributed by atoms with E-state index >= 15 is 0 Å². The lowest BCUT2D eigenvalue weighted by atomic mass is 9.88. The molecule has 212 valence electrons. The third kappa shape index (κ3) is 6.13. The summed E-state index contributed by atoms with van der Waals surface area (Å²) >= 11 is 13.1. The molecule has 2 aliphatic heterocycles. The van der Waals surface area contributed by atoms with Crippen LogP contribution in [-0.4, -0.2) is 39.9 Å². The molecule has 2 aromatic carbocycles. The van der Waals surface area contributed by atoms with Gasteiger partial charge in [0.1, 0.15) is 5.60 Å². The Morgan fingerprint density at radius 1 is 1.02 bits per heavy atom. The van der Waals surface area contributed by atoms with Crippen molar-refractivity contribution in [2.24, 2.45) is 5.92 Å². The largest absolute Gasteiger partial charge is 0.471 e. The molecule has 2 aromatic heterocycles. The summed E-state index contributed by atoms with van der Waals surface area (Å²) in [5, 5.41) is 11.4. The van der Waals surface area contributed by atoms with E-state index in [2.05, 4.69) is 21.6 Å². The molecule has 4 aromatic rings. The van der Waals surface area contributed by atoms with Crippen LogP contribution in [0.5, 0.6) is 5.88 Å². The minimum absolute atomic E-state index is 0.0422. The number of fused-ring (bicyclic) bond motifs is 1. The van der Waals surface area contributed by atoms with Gasteiger partial charge in [-0.2, -0.15) is 5.10 Å². The number of hydrogen-bond acceptors (Lipinski definition) is 5. The lowest BCUT2D eigenvalue weighted by Gasteiger charge is -2.38. The summed E-state index contributed by atoms with van der Waals surface area (Å²) in [5.74, 6) is 0.884. The summed E-state index contributed by atoms with van der Waals surface area (Å²) in [6.07, 6.45) is 6.53. The Morgan fingerprint density at radius 2 is 1.78 bits per heavy atom. The second-order valence-electron chi connectivity index (χ2n) is 11.4. The number of ether oxygens (including phenoxy) is 2. The highest BCUT2D eigenvalue weighted by Crippen LogP contribution is 2.45. The van der Waals surface area contributed by atoms with Crippen molar-refractivity contribution < 1.29 is 14.3 Å². The number of rotatable bonds is 6. The number of aromatic nitrogens is 3. The highest BCUT2D eigenvalue weighted by Gasteiger charge is 2.37. The number of H-pyrrole nitrogens is 1. The lowest BCUT2D eigenvalue weighted by molar-refractivity contribution is -0.124. The van der Waals surface area contributed by atoms with E-state index in [0.717, 1.165) is 46.2 Å². The number of nitrogens with zero attached hydrogens (tertiary/aromatic N) is 2. The van der Waals surface area contributed by atoms with Crippen LogP contribution in [0.15, 0.2) is 60.9 Å². The Kier molecular flexibility index (Phi) is 7.77. The number of carbonyl (C=O) groups excluding carboxylic acids is 1. The molecule has 2 N–H and O–H groups in total. The minimum atomic E-state index is -0.523. The summed E-state index contributed by atoms with van der Waals surface area (Å²) in [6, 6.07) is 15.4. The van der Waals surface area contributed by atoms with Crippen LogP contribution in [0, 0.1) is 5.92 Å². The van der Waals surface area contributed by atoms with Crippen molar-refractivity contribution in [3.05, 3.63) is 76.5 Å². The molecule has 0 spiro atoms. The molecule has 0 bridgehead atoms. The van der Waals surface area contributed by atoms with Crippen molar-refractivity contribution >= 4 is 29.1 Å². The molecule has 2 aliphatic rings. The predicted molar refractivity (Wildman–Crippen MR) is 161 cm³/mol. The number of carbonyl (C=O) groups is 1. The average Bonchev–Trinajstić information content (AvgIpc) is 3.48. The van der Waals surface area contributed by atoms with Crippen LogP contribution in [-0.2, 0) is 9.53 Å². The van der Waals surface area contributed by atoms with E-state index in [-0.39, 0.29) is 11.9 Å². The molecule has 1 fully saturated rings. The van der Waals surface area contributed by atoms with E-state index in [1.807, 2.05) is 62.5 Å². The van der Waals surface area contributed by atoms with Crippen molar-refractivity contribution in [2.45, 2.75) is 51.2 Å². The first-order valence-corrected chi connectivity index (χ1v) is 14.7. The number of nitrogens with one attached hydrogen (secondary N) is 2. The Hall–Kier alpha value is -3.39. The van der Waals surface area contributed by atoms with Gasteiger partial charge in [-0.05, 0) is 68.0 Å². The van der Waals surface area contributed by atoms with Gasteiger partial charge in [0.2, 0.25) is 11.8 Å². The maximum atomic E-state index is 13.2. The molecule has 7 nitrogen and oxygen atoms in total. The number of halogens is 2. The third-order valence-corrected chi connectivity index (χ3v) is 8.39. The minimum Gasteiger partial charge on any atom is -0.471 e. The fourth-order valence-electron chi connectivity index (χ4n) is 5.69. The molecule has 4 heterocycles. The average molecular weight is 592 g/mol. The SMILES string of the molecule is CC1(C)C[C@@H](NC(=O)CC2CCOCC2)c2cc(-c3ccc(Cl)cc3)c(-c3ccc(-c4cn[nH]c4)cc3Cl)nc2O1. The zero-order valence-electron chi connectivity index (χ0n) is 23.0. The smallest absolute Gasteiger partial charge is 0.220 e. The van der Waals surface area contributed by atoms with Crippen LogP contribution in [0.4, 0.5) is 0 Å². The molecule has 6 rings (SSSR count). The number of benzene rings is 2. The molecule has 41 heavy (non-hydrogen) atoms. The van der Waals surface area contributed by atoms with E-state index in [9.17, 15) is 4.79 Å². The van der Waals surface area contributed by atoms with Crippen LogP contribution in [0.2, 0.25) is 10.0 Å². The standard InChI is InChI=1S/C32H32Cl2N4O3/c1-32(2)16-28(37-29(39)13-19-9-11-40-12-10-19)26-15-25(20-3-6-23(33)7-4-20)30(38-31(26)41-32)24-8-5-21(14-27(24)34)22-17-35-36-18-22/h3-8,14-15,17-19,28H,9-13,16H2,1-2H3,(H,35,36)(H,37,39)/t28-/m1/s1. The van der Waals surface area contributed by atoms with Gasteiger partial charge in [0.15, 0.2) is 0 Å². The zero-order chi connectivity index (χ0) is 28.6. The number of pyridine rings is 1. The molecule has 1 amide bonds. The maximum absolute atomic E-state index is 13.2. The lowest BCUT2D eigenvalue weighted by Crippen LogP contribution is -2.42. The zero-order valence-corrected chi connectivity index (χ0v) is 24.6. The quantitative estimate of drug-likeness (QED) is 0.241. The maximum Gasteiger partial charge on any atom is 0.220 e. The van der Waals surface area contributed by atoms with E-state index in [1.54, 1.807) is 6.20 Å². The Bertz CT molecular complexity index is 1550. The molecule has 1 atom stereocenters. The normalized spacial score (nSPS) is 18.4. The first-order chi connectivity index (χ1) is 19.8. The summed E-state index contributed by atoms with van der Waals surface area (Å²) in [7, 11) is 0. The molecule has 1 saturated heterocycles. The van der Waals surface area contributed by atoms with Crippen molar-refractivity contribution in [1.29, 1.82) is 0 Å². The molecule has 9 heteroatoms. The van der Waals surface area contributed by atoms with E-state index in [4.69, 9.17) is 37.7 Å². The second kappa shape index (κ2) is 11.5. The number of amides is 1. The topological polar surface area (TPSA) is 89.1 Å². The van der Waals surface area contributed by atoms with Gasteiger partial charge in [-0.15, -0.1) is 0 Å². The van der Waals surface area contributed by atoms with Crippen molar-refractivity contribution in [3.8, 4) is 39.4 Å². The van der Waals surface area contributed by atoms with E-state index in [1.165, 1.54) is 0 Å². The molecule has 0 unspecified atom stereocenters. The Balaban J connectivity index is 1.42. The summed E-state index contributed by atoms with van der Waals surface area (Å²) in [6.45, 7) is 5.48. The van der Waals surface area contributed by atoms with Crippen LogP contribution >= 0.6 is 23.2 Å². The first-order valence-electron chi connectivity index (χ1n) is 13.9. The number of aromatic amines is 1. The fourth-order valence-corrected chi connectivity index (χ4v) is 6.09. The second-order valence-corrected chi connectivity index (χ2v) is 12.3. The van der Waals surface area contributed by atoms with Gasteiger partial charge < -0.3 is 14.8 Å². The van der Waals surface area contributed by atoms with E-state index < -0.39 is 5.60 Å². The van der Waals surface area contributed by atoms with Gasteiger partial charge in [0.05, 0.1) is 23.0 Å². The summed E-state index contributed by atoms with van der Waals surface area (Å²) in [4.78, 5) is 18.3. The van der Waals surface area contributed by atoms with Crippen LogP contribution in [0.1, 0.15) is 51.1 Å². The van der Waals surface area contributed by atoms with Crippen LogP contribution in [0.3, 0.4) is 0 Å². The van der Waals surface area contributed by atoms with E-state index in [0.29, 0.717) is 53.6 Å². The summed E-state index contributed by atoms with van der Waals surface area (Å²) in [5.41, 5.74) is 5.51. The van der Waals surface area contributed by atoms with Gasteiger partial charge in [-0.3, -0.25) is 9.89 Å². The van der Waals surface area contributed by atoms with Gasteiger partial charge in [-0.25, -0.2) is 4.98 Å². The van der Waals surface area contributed by atoms with Crippen molar-refractivity contribution in [3.63, 3.8) is 0 Å². The first kappa shape index (κ1) is 27.8. The Morgan fingerprint density at radius 3 is 2.49 bits per heavy atom.